The number of benzene rings is 3. The van der Waals surface area contributed by atoms with Gasteiger partial charge >= 0.3 is 0 Å². The molecule has 3 aromatic rings. The van der Waals surface area contributed by atoms with Crippen LogP contribution in [-0.2, 0) is 16.4 Å². The normalized spacial score (nSPS) is 14.8. The van der Waals surface area contributed by atoms with Gasteiger partial charge in [-0.05, 0) is 42.3 Å². The van der Waals surface area contributed by atoms with Gasteiger partial charge in [-0.15, -0.1) is 0 Å². The van der Waals surface area contributed by atoms with Crippen LogP contribution in [0.2, 0.25) is 0 Å². The Bertz CT molecular complexity index is 972. The smallest absolute Gasteiger partial charge is 0.210 e. The van der Waals surface area contributed by atoms with Crippen LogP contribution in [0.5, 0.6) is 0 Å². The van der Waals surface area contributed by atoms with Crippen LogP contribution in [-0.4, -0.2) is 8.42 Å². The first-order valence-electron chi connectivity index (χ1n) is 7.84. The Morgan fingerprint density at radius 3 is 1.83 bits per heavy atom. The number of rotatable bonds is 2. The van der Waals surface area contributed by atoms with Crippen molar-refractivity contribution in [3.8, 4) is 0 Å². The van der Waals surface area contributed by atoms with E-state index in [1.54, 1.807) is 24.3 Å². The van der Waals surface area contributed by atoms with Crippen molar-refractivity contribution in [2.75, 3.05) is 4.90 Å². The summed E-state index contributed by atoms with van der Waals surface area (Å²) in [5.74, 6) is 0. The van der Waals surface area contributed by atoms with E-state index in [4.69, 9.17) is 0 Å². The molecule has 4 heteroatoms. The molecule has 0 amide bonds. The van der Waals surface area contributed by atoms with Gasteiger partial charge in [-0.1, -0.05) is 48.5 Å². The lowest BCUT2D eigenvalue weighted by Gasteiger charge is -2.33. The number of sulfone groups is 1. The van der Waals surface area contributed by atoms with E-state index < -0.39 is 9.84 Å². The molecule has 0 saturated carbocycles. The summed E-state index contributed by atoms with van der Waals surface area (Å²) in [5, 5.41) is 0. The van der Waals surface area contributed by atoms with Crippen LogP contribution >= 0.6 is 0 Å². The number of para-hydroxylation sites is 2. The standard InChI is InChI=1S/C20H17NO2S/c1-15-8-2-3-9-16(15)14-21-17-10-4-6-12-19(17)24(22,23)20-13-7-5-11-18(20)21/h2-13H,14H2,1H3. The van der Waals surface area contributed by atoms with Crippen molar-refractivity contribution < 1.29 is 8.42 Å². The first kappa shape index (κ1) is 15.0. The molecular formula is C20H17NO2S. The van der Waals surface area contributed by atoms with E-state index >= 15 is 0 Å². The second-order valence-electron chi connectivity index (χ2n) is 5.95. The summed E-state index contributed by atoms with van der Waals surface area (Å²) >= 11 is 0. The Morgan fingerprint density at radius 2 is 1.25 bits per heavy atom. The average molecular weight is 335 g/mol. The summed E-state index contributed by atoms with van der Waals surface area (Å²) in [6.07, 6.45) is 0. The minimum Gasteiger partial charge on any atom is -0.335 e. The highest BCUT2D eigenvalue weighted by Gasteiger charge is 2.33. The van der Waals surface area contributed by atoms with E-state index in [2.05, 4.69) is 24.0 Å². The second-order valence-corrected chi connectivity index (χ2v) is 7.84. The summed E-state index contributed by atoms with van der Waals surface area (Å²) in [6.45, 7) is 2.71. The summed E-state index contributed by atoms with van der Waals surface area (Å²) in [4.78, 5) is 2.84. The topological polar surface area (TPSA) is 37.4 Å². The van der Waals surface area contributed by atoms with Gasteiger partial charge in [0.25, 0.3) is 0 Å². The number of hydrogen-bond acceptors (Lipinski definition) is 3. The Balaban J connectivity index is 1.94. The average Bonchev–Trinajstić information content (AvgIpc) is 2.60. The van der Waals surface area contributed by atoms with Crippen LogP contribution in [0.3, 0.4) is 0 Å². The highest BCUT2D eigenvalue weighted by Crippen LogP contribution is 2.44. The molecule has 0 atom stereocenters. The lowest BCUT2D eigenvalue weighted by Crippen LogP contribution is -2.25. The number of nitrogens with zero attached hydrogens (tertiary/aromatic N) is 1. The van der Waals surface area contributed by atoms with Gasteiger partial charge in [-0.2, -0.15) is 0 Å². The van der Waals surface area contributed by atoms with Crippen LogP contribution in [0.1, 0.15) is 11.1 Å². The minimum atomic E-state index is -3.48. The Kier molecular flexibility index (Phi) is 3.43. The predicted molar refractivity (Wildman–Crippen MR) is 95.4 cm³/mol. The monoisotopic (exact) mass is 335 g/mol. The zero-order chi connectivity index (χ0) is 16.7. The van der Waals surface area contributed by atoms with Gasteiger partial charge in [-0.25, -0.2) is 8.42 Å². The van der Waals surface area contributed by atoms with E-state index in [1.165, 1.54) is 11.1 Å². The molecule has 1 aliphatic heterocycles. The summed E-state index contributed by atoms with van der Waals surface area (Å²) in [5.41, 5.74) is 3.85. The molecule has 120 valence electrons. The Labute approximate surface area is 142 Å². The quantitative estimate of drug-likeness (QED) is 0.693. The first-order valence-corrected chi connectivity index (χ1v) is 9.32. The first-order chi connectivity index (χ1) is 11.6. The number of aryl methyl sites for hydroxylation is 1. The molecule has 24 heavy (non-hydrogen) atoms. The minimum absolute atomic E-state index is 0.372. The number of anilines is 2. The Hall–Kier alpha value is -2.59. The van der Waals surface area contributed by atoms with E-state index in [9.17, 15) is 8.42 Å². The van der Waals surface area contributed by atoms with Crippen molar-refractivity contribution in [1.29, 1.82) is 0 Å². The molecule has 0 aliphatic carbocycles. The van der Waals surface area contributed by atoms with Crippen molar-refractivity contribution in [3.63, 3.8) is 0 Å². The summed E-state index contributed by atoms with van der Waals surface area (Å²) in [6, 6.07) is 22.6. The molecule has 1 aliphatic rings. The van der Waals surface area contributed by atoms with Crippen molar-refractivity contribution >= 4 is 21.2 Å². The van der Waals surface area contributed by atoms with Crippen LogP contribution in [0, 0.1) is 6.92 Å². The van der Waals surface area contributed by atoms with Crippen molar-refractivity contribution in [3.05, 3.63) is 83.9 Å². The third-order valence-corrected chi connectivity index (χ3v) is 6.33. The third kappa shape index (κ3) is 2.22. The zero-order valence-corrected chi connectivity index (χ0v) is 14.1. The van der Waals surface area contributed by atoms with Gasteiger partial charge < -0.3 is 4.90 Å². The van der Waals surface area contributed by atoms with Crippen LogP contribution in [0.25, 0.3) is 0 Å². The lowest BCUT2D eigenvalue weighted by molar-refractivity contribution is 0.594. The molecule has 0 spiro atoms. The van der Waals surface area contributed by atoms with Crippen molar-refractivity contribution in [2.24, 2.45) is 0 Å². The van der Waals surface area contributed by atoms with E-state index in [0.29, 0.717) is 16.3 Å². The largest absolute Gasteiger partial charge is 0.335 e. The van der Waals surface area contributed by atoms with E-state index in [0.717, 1.165) is 11.4 Å². The fourth-order valence-corrected chi connectivity index (χ4v) is 4.85. The molecule has 0 bridgehead atoms. The summed E-state index contributed by atoms with van der Waals surface area (Å²) < 4.78 is 25.9. The van der Waals surface area contributed by atoms with Gasteiger partial charge in [0, 0.05) is 6.54 Å². The highest BCUT2D eigenvalue weighted by molar-refractivity contribution is 7.92. The lowest BCUT2D eigenvalue weighted by atomic mass is 10.1. The predicted octanol–water partition coefficient (Wildman–Crippen LogP) is 4.48. The molecule has 4 rings (SSSR count). The van der Waals surface area contributed by atoms with Crippen LogP contribution in [0.4, 0.5) is 11.4 Å². The summed E-state index contributed by atoms with van der Waals surface area (Å²) in [7, 11) is -3.48. The molecule has 0 unspecified atom stereocenters. The molecule has 0 radical (unpaired) electrons. The van der Waals surface area contributed by atoms with Gasteiger partial charge in [0.15, 0.2) is 0 Å². The molecule has 0 N–H and O–H groups in total. The Morgan fingerprint density at radius 1 is 0.750 bits per heavy atom. The van der Waals surface area contributed by atoms with Gasteiger partial charge in [-0.3, -0.25) is 0 Å². The van der Waals surface area contributed by atoms with Crippen molar-refractivity contribution in [1.82, 2.24) is 0 Å². The maximum atomic E-state index is 12.9. The van der Waals surface area contributed by atoms with Crippen LogP contribution in [0.15, 0.2) is 82.6 Å². The van der Waals surface area contributed by atoms with Gasteiger partial charge in [0.1, 0.15) is 0 Å². The van der Waals surface area contributed by atoms with Gasteiger partial charge in [0.2, 0.25) is 9.84 Å². The molecule has 0 saturated heterocycles. The molecule has 3 aromatic carbocycles. The SMILES string of the molecule is Cc1ccccc1CN1c2ccccc2S(=O)(=O)c2ccccc21. The molecule has 0 fully saturated rings. The molecule has 3 nitrogen and oxygen atoms in total. The highest BCUT2D eigenvalue weighted by atomic mass is 32.2. The molecule has 1 heterocycles. The van der Waals surface area contributed by atoms with Gasteiger partial charge in [0.05, 0.1) is 21.2 Å². The molecular weight excluding hydrogens is 318 g/mol. The van der Waals surface area contributed by atoms with E-state index in [-0.39, 0.29) is 0 Å². The van der Waals surface area contributed by atoms with Crippen LogP contribution < -0.4 is 4.90 Å². The third-order valence-electron chi connectivity index (χ3n) is 4.48. The fraction of sp³-hybridized carbons (Fsp3) is 0.100. The van der Waals surface area contributed by atoms with Crippen molar-refractivity contribution in [2.45, 2.75) is 23.3 Å². The number of hydrogen-bond donors (Lipinski definition) is 0. The number of fused-ring (bicyclic) bond motifs is 2. The molecule has 0 aromatic heterocycles. The maximum absolute atomic E-state index is 12.9. The van der Waals surface area contributed by atoms with E-state index in [1.807, 2.05) is 36.4 Å². The zero-order valence-electron chi connectivity index (χ0n) is 13.3. The maximum Gasteiger partial charge on any atom is 0.210 e. The second kappa shape index (κ2) is 5.49. The fourth-order valence-electron chi connectivity index (χ4n) is 3.19.